The molecule has 2 aliphatic rings. The lowest BCUT2D eigenvalue weighted by Gasteiger charge is -2.15. The fourth-order valence-electron chi connectivity index (χ4n) is 6.22. The summed E-state index contributed by atoms with van der Waals surface area (Å²) in [5, 5.41) is 23.3. The number of hydrogen-bond acceptors (Lipinski definition) is 9. The minimum atomic E-state index is -4.18. The zero-order valence-corrected chi connectivity index (χ0v) is 28.1. The second-order valence-corrected chi connectivity index (χ2v) is 14.5. The van der Waals surface area contributed by atoms with E-state index in [0.29, 0.717) is 34.0 Å². The molecule has 5 aromatic rings. The van der Waals surface area contributed by atoms with Crippen molar-refractivity contribution in [3.05, 3.63) is 101 Å². The molecular formula is C35H34ClN4O9P. The Balaban J connectivity index is 0.971. The van der Waals surface area contributed by atoms with Crippen LogP contribution in [-0.2, 0) is 38.0 Å². The molecule has 0 spiro atoms. The number of benzene rings is 3. The number of H-pyrrole nitrogens is 1. The first-order valence-corrected chi connectivity index (χ1v) is 18.1. The first kappa shape index (κ1) is 34.3. The van der Waals surface area contributed by atoms with E-state index in [1.807, 2.05) is 48.5 Å². The lowest BCUT2D eigenvalue weighted by atomic mass is 10.0. The number of imidazole rings is 1. The largest absolute Gasteiger partial charge is 0.480 e. The summed E-state index contributed by atoms with van der Waals surface area (Å²) in [6, 6.07) is 23.4. The van der Waals surface area contributed by atoms with Crippen molar-refractivity contribution in [2.24, 2.45) is 0 Å². The standard InChI is InChI=1S/C35H34ClN4O9P/c36-25-14-26-33(40-35(38-26)49-29-17-48-31-28(41)16-47-32(29)31)39-30(25)24-11-9-23(10-12-24)22-7-5-20(6-8-22)15-37-27(34(42)43)13-19-1-3-21(4-2-19)18-50(44,45)46/h1-12,14,27-29,31-32,37,41H,13,15-18H2,(H,42,43)(H,38,39,40)(H2,44,45,46)/t27-,28+,29+,31?,32+/m0/s1. The predicted molar refractivity (Wildman–Crippen MR) is 184 cm³/mol. The average molecular weight is 721 g/mol. The highest BCUT2D eigenvalue weighted by Gasteiger charge is 2.48. The fourth-order valence-corrected chi connectivity index (χ4v) is 7.17. The summed E-state index contributed by atoms with van der Waals surface area (Å²) in [6.07, 6.45) is -2.00. The number of halogens is 1. The van der Waals surface area contributed by atoms with Gasteiger partial charge in [-0.2, -0.15) is 4.98 Å². The highest BCUT2D eigenvalue weighted by atomic mass is 35.5. The van der Waals surface area contributed by atoms with Crippen LogP contribution >= 0.6 is 19.2 Å². The molecular weight excluding hydrogens is 687 g/mol. The normalized spacial score (nSPS) is 21.0. The lowest BCUT2D eigenvalue weighted by Crippen LogP contribution is -2.38. The van der Waals surface area contributed by atoms with Gasteiger partial charge in [-0.25, -0.2) is 4.98 Å². The second kappa shape index (κ2) is 14.2. The molecule has 3 aromatic carbocycles. The number of aliphatic hydroxyl groups is 1. The van der Waals surface area contributed by atoms with Crippen molar-refractivity contribution >= 4 is 36.3 Å². The predicted octanol–water partition coefficient (Wildman–Crippen LogP) is 4.31. The number of fused-ring (bicyclic) bond motifs is 2. The zero-order chi connectivity index (χ0) is 35.0. The Morgan fingerprint density at radius 1 is 0.920 bits per heavy atom. The Morgan fingerprint density at radius 3 is 2.22 bits per heavy atom. The summed E-state index contributed by atoms with van der Waals surface area (Å²) in [4.78, 5) is 42.6. The molecule has 0 amide bonds. The Bertz CT molecular complexity index is 2040. The van der Waals surface area contributed by atoms with E-state index in [0.717, 1.165) is 27.8 Å². The van der Waals surface area contributed by atoms with Crippen molar-refractivity contribution in [1.82, 2.24) is 20.3 Å². The summed E-state index contributed by atoms with van der Waals surface area (Å²) in [5.41, 5.74) is 6.54. The highest BCUT2D eigenvalue weighted by molar-refractivity contribution is 7.50. The smallest absolute Gasteiger partial charge is 0.329 e. The minimum absolute atomic E-state index is 0.208. The molecule has 7 rings (SSSR count). The molecule has 2 saturated heterocycles. The van der Waals surface area contributed by atoms with Crippen molar-refractivity contribution in [3.8, 4) is 28.4 Å². The number of ether oxygens (including phenoxy) is 3. The van der Waals surface area contributed by atoms with Crippen LogP contribution in [0.5, 0.6) is 6.01 Å². The first-order chi connectivity index (χ1) is 24.0. The van der Waals surface area contributed by atoms with Crippen LogP contribution in [0.25, 0.3) is 33.5 Å². The maximum absolute atomic E-state index is 11.9. The molecule has 4 heterocycles. The molecule has 0 saturated carbocycles. The van der Waals surface area contributed by atoms with Crippen LogP contribution in [0.2, 0.25) is 5.02 Å². The average Bonchev–Trinajstić information content (AvgIpc) is 3.79. The van der Waals surface area contributed by atoms with Crippen molar-refractivity contribution in [3.63, 3.8) is 0 Å². The summed E-state index contributed by atoms with van der Waals surface area (Å²) in [5.74, 6) is -0.992. The molecule has 0 radical (unpaired) electrons. The number of carbonyl (C=O) groups is 1. The Labute approximate surface area is 291 Å². The summed E-state index contributed by atoms with van der Waals surface area (Å²) >= 11 is 6.64. The third-order valence-electron chi connectivity index (χ3n) is 8.80. The number of aliphatic hydroxyl groups excluding tert-OH is 1. The van der Waals surface area contributed by atoms with Gasteiger partial charge in [0, 0.05) is 12.1 Å². The van der Waals surface area contributed by atoms with E-state index < -0.39 is 37.9 Å². The summed E-state index contributed by atoms with van der Waals surface area (Å²) < 4.78 is 28.5. The quantitative estimate of drug-likeness (QED) is 0.100. The molecule has 2 fully saturated rings. The summed E-state index contributed by atoms with van der Waals surface area (Å²) in [7, 11) is -4.18. The van der Waals surface area contributed by atoms with Crippen molar-refractivity contribution in [2.75, 3.05) is 13.2 Å². The van der Waals surface area contributed by atoms with Gasteiger partial charge < -0.3 is 44.5 Å². The first-order valence-electron chi connectivity index (χ1n) is 15.9. The van der Waals surface area contributed by atoms with Gasteiger partial charge in [0.05, 0.1) is 35.6 Å². The number of nitrogens with one attached hydrogen (secondary N) is 2. The van der Waals surface area contributed by atoms with Gasteiger partial charge in [0.1, 0.15) is 24.4 Å². The fraction of sp³-hybridized carbons (Fsp3) is 0.286. The van der Waals surface area contributed by atoms with E-state index in [9.17, 15) is 19.6 Å². The number of pyridine rings is 1. The Hall–Kier alpha value is -4.17. The number of aromatic amines is 1. The number of rotatable bonds is 12. The third kappa shape index (κ3) is 7.75. The van der Waals surface area contributed by atoms with Crippen LogP contribution in [0.1, 0.15) is 16.7 Å². The van der Waals surface area contributed by atoms with E-state index in [2.05, 4.69) is 20.3 Å². The van der Waals surface area contributed by atoms with Gasteiger partial charge in [0.25, 0.3) is 6.01 Å². The number of nitrogens with zero attached hydrogens (tertiary/aromatic N) is 2. The molecule has 50 heavy (non-hydrogen) atoms. The molecule has 5 atom stereocenters. The number of hydrogen-bond donors (Lipinski definition) is 6. The third-order valence-corrected chi connectivity index (χ3v) is 9.86. The van der Waals surface area contributed by atoms with Gasteiger partial charge in [0.15, 0.2) is 11.8 Å². The van der Waals surface area contributed by atoms with Crippen molar-refractivity contribution in [1.29, 1.82) is 0 Å². The SMILES string of the molecule is O=C(O)[C@H](Cc1ccc(CP(=O)(O)O)cc1)NCc1ccc(-c2ccc(-c3nc4nc(O[C@@H]5COC6[C@H](O)CO[C@@H]65)[nH]c4cc3Cl)cc2)cc1. The maximum atomic E-state index is 11.9. The van der Waals surface area contributed by atoms with E-state index >= 15 is 0 Å². The minimum Gasteiger partial charge on any atom is -0.480 e. The van der Waals surface area contributed by atoms with E-state index in [1.165, 1.54) is 0 Å². The topological polar surface area (TPSA) is 196 Å². The molecule has 1 unspecified atom stereocenters. The van der Waals surface area contributed by atoms with Gasteiger partial charge in [-0.15, -0.1) is 0 Å². The maximum Gasteiger partial charge on any atom is 0.329 e. The second-order valence-electron chi connectivity index (χ2n) is 12.4. The molecule has 13 nitrogen and oxygen atoms in total. The molecule has 0 bridgehead atoms. The van der Waals surface area contributed by atoms with Gasteiger partial charge >= 0.3 is 13.6 Å². The molecule has 260 valence electrons. The van der Waals surface area contributed by atoms with Crippen LogP contribution in [0, 0.1) is 0 Å². The van der Waals surface area contributed by atoms with E-state index in [1.54, 1.807) is 30.3 Å². The van der Waals surface area contributed by atoms with Gasteiger partial charge in [-0.05, 0) is 40.3 Å². The molecule has 2 aliphatic heterocycles. The van der Waals surface area contributed by atoms with Crippen LogP contribution in [0.4, 0.5) is 0 Å². The molecule has 15 heteroatoms. The van der Waals surface area contributed by atoms with Crippen LogP contribution in [-0.4, -0.2) is 84.6 Å². The van der Waals surface area contributed by atoms with Crippen LogP contribution in [0.15, 0.2) is 78.9 Å². The molecule has 2 aromatic heterocycles. The van der Waals surface area contributed by atoms with Crippen LogP contribution in [0.3, 0.4) is 0 Å². The van der Waals surface area contributed by atoms with Gasteiger partial charge in [-0.3, -0.25) is 9.36 Å². The molecule has 6 N–H and O–H groups in total. The number of aliphatic carboxylic acids is 1. The monoisotopic (exact) mass is 720 g/mol. The van der Waals surface area contributed by atoms with Crippen LogP contribution < -0.4 is 10.1 Å². The number of aromatic nitrogens is 3. The van der Waals surface area contributed by atoms with E-state index in [-0.39, 0.29) is 37.9 Å². The Kier molecular flexibility index (Phi) is 9.75. The number of carboxylic acids is 1. The zero-order valence-electron chi connectivity index (χ0n) is 26.5. The van der Waals surface area contributed by atoms with Gasteiger partial charge in [-0.1, -0.05) is 84.4 Å². The number of carboxylic acid groups (broad SMARTS) is 1. The highest BCUT2D eigenvalue weighted by Crippen LogP contribution is 2.39. The lowest BCUT2D eigenvalue weighted by molar-refractivity contribution is -0.139. The molecule has 0 aliphatic carbocycles. The van der Waals surface area contributed by atoms with Crippen molar-refractivity contribution < 1.29 is 43.6 Å². The van der Waals surface area contributed by atoms with E-state index in [4.69, 9.17) is 35.6 Å². The van der Waals surface area contributed by atoms with Crippen molar-refractivity contribution in [2.45, 2.75) is 49.6 Å². The summed E-state index contributed by atoms with van der Waals surface area (Å²) in [6.45, 7) is 0.829. The van der Waals surface area contributed by atoms with Gasteiger partial charge in [0.2, 0.25) is 0 Å². The Morgan fingerprint density at radius 2 is 1.54 bits per heavy atom.